The summed E-state index contributed by atoms with van der Waals surface area (Å²) in [4.78, 5) is 23.9. The van der Waals surface area contributed by atoms with E-state index in [1.165, 1.54) is 5.56 Å². The average Bonchev–Trinajstić information content (AvgIpc) is 2.99. The number of hydrogen-bond acceptors (Lipinski definition) is 5. The molecule has 0 aliphatic rings. The number of benzene rings is 1. The molecule has 7 nitrogen and oxygen atoms in total. The van der Waals surface area contributed by atoms with E-state index in [1.54, 1.807) is 4.68 Å². The highest BCUT2D eigenvalue weighted by atomic mass is 16.1. The van der Waals surface area contributed by atoms with Crippen LogP contribution >= 0.6 is 0 Å². The van der Waals surface area contributed by atoms with Crippen molar-refractivity contribution in [3.05, 3.63) is 70.3 Å². The van der Waals surface area contributed by atoms with Crippen molar-refractivity contribution in [1.82, 2.24) is 30.0 Å². The Hall–Kier alpha value is -3.06. The van der Waals surface area contributed by atoms with E-state index in [0.717, 1.165) is 34.8 Å². The number of likely N-dealkylation sites (N-methyl/N-ethyl adjacent to an activating group) is 1. The van der Waals surface area contributed by atoms with Crippen LogP contribution in [0.1, 0.15) is 33.9 Å². The molecule has 0 saturated heterocycles. The number of aryl methyl sites for hydroxylation is 3. The molecule has 1 amide bonds. The predicted molar refractivity (Wildman–Crippen MR) is 122 cm³/mol. The molecule has 3 aromatic rings. The zero-order valence-corrected chi connectivity index (χ0v) is 19.3. The van der Waals surface area contributed by atoms with Crippen molar-refractivity contribution < 1.29 is 4.79 Å². The van der Waals surface area contributed by atoms with E-state index in [0.29, 0.717) is 12.5 Å². The Morgan fingerprint density at radius 2 is 1.71 bits per heavy atom. The highest BCUT2D eigenvalue weighted by Gasteiger charge is 2.19. The van der Waals surface area contributed by atoms with E-state index in [1.807, 2.05) is 66.1 Å². The van der Waals surface area contributed by atoms with Crippen molar-refractivity contribution in [3.63, 3.8) is 0 Å². The molecule has 7 heteroatoms. The van der Waals surface area contributed by atoms with Gasteiger partial charge in [0.2, 0.25) is 5.91 Å². The van der Waals surface area contributed by atoms with Crippen LogP contribution in [-0.4, -0.2) is 57.2 Å². The van der Waals surface area contributed by atoms with Crippen molar-refractivity contribution in [2.45, 2.75) is 46.6 Å². The molecule has 0 aliphatic heterocycles. The summed E-state index contributed by atoms with van der Waals surface area (Å²) < 4.78 is 1.73. The Balaban J connectivity index is 1.68. The number of hydrogen-bond donors (Lipinski definition) is 1. The van der Waals surface area contributed by atoms with Crippen LogP contribution in [0.3, 0.4) is 0 Å². The lowest BCUT2D eigenvalue weighted by molar-refractivity contribution is -0.120. The molecule has 0 aliphatic carbocycles. The van der Waals surface area contributed by atoms with Crippen LogP contribution in [0, 0.1) is 27.7 Å². The number of rotatable bonds is 8. The van der Waals surface area contributed by atoms with Crippen molar-refractivity contribution in [2.75, 3.05) is 20.6 Å². The van der Waals surface area contributed by atoms with Gasteiger partial charge in [-0.2, -0.15) is 5.10 Å². The van der Waals surface area contributed by atoms with Gasteiger partial charge in [0.15, 0.2) is 0 Å². The second kappa shape index (κ2) is 9.83. The van der Waals surface area contributed by atoms with Crippen molar-refractivity contribution in [1.29, 1.82) is 0 Å². The van der Waals surface area contributed by atoms with Gasteiger partial charge in [-0.1, -0.05) is 30.3 Å². The number of carbonyl (C=O) groups is 1. The van der Waals surface area contributed by atoms with Gasteiger partial charge in [0, 0.05) is 35.2 Å². The molecule has 0 fully saturated rings. The molecule has 2 heterocycles. The maximum Gasteiger partial charge on any atom is 0.251 e. The second-order valence-corrected chi connectivity index (χ2v) is 8.30. The topological polar surface area (TPSA) is 75.9 Å². The molecular weight excluding hydrogens is 388 g/mol. The minimum Gasteiger partial charge on any atom is -0.354 e. The summed E-state index contributed by atoms with van der Waals surface area (Å²) >= 11 is 0. The van der Waals surface area contributed by atoms with E-state index in [-0.39, 0.29) is 18.4 Å². The minimum atomic E-state index is -0.00740. The van der Waals surface area contributed by atoms with E-state index >= 15 is 0 Å². The van der Waals surface area contributed by atoms with Crippen LogP contribution in [0.2, 0.25) is 0 Å². The summed E-state index contributed by atoms with van der Waals surface area (Å²) in [5.74, 6) is 0.535. The molecule has 0 bridgehead atoms. The first-order valence-electron chi connectivity index (χ1n) is 10.6. The van der Waals surface area contributed by atoms with E-state index < -0.39 is 0 Å². The van der Waals surface area contributed by atoms with Gasteiger partial charge in [0.25, 0.3) is 5.95 Å². The maximum atomic E-state index is 12.8. The molecule has 1 N–H and O–H groups in total. The van der Waals surface area contributed by atoms with Crippen molar-refractivity contribution in [3.8, 4) is 5.95 Å². The van der Waals surface area contributed by atoms with Crippen molar-refractivity contribution in [2.24, 2.45) is 0 Å². The lowest BCUT2D eigenvalue weighted by atomic mass is 10.0. The van der Waals surface area contributed by atoms with Crippen LogP contribution in [0.4, 0.5) is 0 Å². The van der Waals surface area contributed by atoms with Crippen LogP contribution in [-0.2, 0) is 17.6 Å². The quantitative estimate of drug-likeness (QED) is 0.606. The summed E-state index contributed by atoms with van der Waals surface area (Å²) in [5.41, 5.74) is 5.68. The lowest BCUT2D eigenvalue weighted by Crippen LogP contribution is -2.42. The molecule has 0 radical (unpaired) electrons. The fourth-order valence-electron chi connectivity index (χ4n) is 3.71. The maximum absolute atomic E-state index is 12.8. The molecule has 2 aromatic heterocycles. The molecule has 1 aromatic carbocycles. The zero-order valence-electron chi connectivity index (χ0n) is 19.3. The molecule has 0 spiro atoms. The summed E-state index contributed by atoms with van der Waals surface area (Å²) in [5, 5.41) is 7.70. The fourth-order valence-corrected chi connectivity index (χ4v) is 3.71. The van der Waals surface area contributed by atoms with Gasteiger partial charge in [-0.15, -0.1) is 0 Å². The first kappa shape index (κ1) is 22.6. The Bertz CT molecular complexity index is 1020. The largest absolute Gasteiger partial charge is 0.354 e. The number of nitrogens with zero attached hydrogens (tertiary/aromatic N) is 5. The Kier molecular flexibility index (Phi) is 7.17. The summed E-state index contributed by atoms with van der Waals surface area (Å²) in [6.07, 6.45) is 1.17. The van der Waals surface area contributed by atoms with Gasteiger partial charge in [0.05, 0.1) is 12.1 Å². The third kappa shape index (κ3) is 5.76. The standard InChI is InChI=1S/C24H32N6O/c1-16-12-17(2)27-24(26-16)30-19(4)22(18(3)28-30)14-23(31)25-15-21(29(5)6)13-20-10-8-7-9-11-20/h7-12,21H,13-15H2,1-6H3,(H,25,31). The number of aromatic nitrogens is 4. The highest BCUT2D eigenvalue weighted by Crippen LogP contribution is 2.17. The van der Waals surface area contributed by atoms with Crippen LogP contribution in [0.15, 0.2) is 36.4 Å². The highest BCUT2D eigenvalue weighted by molar-refractivity contribution is 5.79. The first-order chi connectivity index (χ1) is 14.7. The number of carbonyl (C=O) groups excluding carboxylic acids is 1. The molecule has 1 unspecified atom stereocenters. The van der Waals surface area contributed by atoms with Crippen LogP contribution in [0.5, 0.6) is 0 Å². The summed E-state index contributed by atoms with van der Waals surface area (Å²) in [6, 6.07) is 12.5. The SMILES string of the molecule is Cc1cc(C)nc(-n2nc(C)c(CC(=O)NCC(Cc3ccccc3)N(C)C)c2C)n1. The van der Waals surface area contributed by atoms with Gasteiger partial charge in [-0.3, -0.25) is 4.79 Å². The van der Waals surface area contributed by atoms with Gasteiger partial charge < -0.3 is 10.2 Å². The van der Waals surface area contributed by atoms with Gasteiger partial charge in [0.1, 0.15) is 0 Å². The third-order valence-corrected chi connectivity index (χ3v) is 5.52. The first-order valence-corrected chi connectivity index (χ1v) is 10.6. The molecule has 0 saturated carbocycles. The number of amides is 1. The predicted octanol–water partition coefficient (Wildman–Crippen LogP) is 2.73. The third-order valence-electron chi connectivity index (χ3n) is 5.52. The Labute approximate surface area is 184 Å². The smallest absolute Gasteiger partial charge is 0.251 e. The monoisotopic (exact) mass is 420 g/mol. The Morgan fingerprint density at radius 3 is 2.32 bits per heavy atom. The summed E-state index contributed by atoms with van der Waals surface area (Å²) in [7, 11) is 4.09. The van der Waals surface area contributed by atoms with Gasteiger partial charge in [-0.05, 0) is 59.8 Å². The van der Waals surface area contributed by atoms with Gasteiger partial charge >= 0.3 is 0 Å². The molecular formula is C24H32N6O. The van der Waals surface area contributed by atoms with Gasteiger partial charge in [-0.25, -0.2) is 14.6 Å². The number of nitrogens with one attached hydrogen (secondary N) is 1. The van der Waals surface area contributed by atoms with Crippen molar-refractivity contribution >= 4 is 5.91 Å². The Morgan fingerprint density at radius 1 is 1.06 bits per heavy atom. The normalized spacial score (nSPS) is 12.2. The second-order valence-electron chi connectivity index (χ2n) is 8.30. The fraction of sp³-hybridized carbons (Fsp3) is 0.417. The average molecular weight is 421 g/mol. The zero-order chi connectivity index (χ0) is 22.5. The summed E-state index contributed by atoms with van der Waals surface area (Å²) in [6.45, 7) is 8.35. The minimum absolute atomic E-state index is 0.00740. The molecule has 3 rings (SSSR count). The van der Waals surface area contributed by atoms with E-state index in [9.17, 15) is 4.79 Å². The van der Waals surface area contributed by atoms with Crippen LogP contribution < -0.4 is 5.32 Å². The molecule has 31 heavy (non-hydrogen) atoms. The van der Waals surface area contributed by atoms with E-state index in [2.05, 4.69) is 37.4 Å². The molecule has 164 valence electrons. The molecule has 1 atom stereocenters. The lowest BCUT2D eigenvalue weighted by Gasteiger charge is -2.24. The van der Waals surface area contributed by atoms with E-state index in [4.69, 9.17) is 0 Å². The van der Waals surface area contributed by atoms with Crippen LogP contribution in [0.25, 0.3) is 5.95 Å².